The molecular weight excluding hydrogens is 476 g/mol. The van der Waals surface area contributed by atoms with Crippen LogP contribution in [0.4, 0.5) is 5.69 Å². The number of hydrogen-bond donors (Lipinski definition) is 1. The van der Waals surface area contributed by atoms with Crippen molar-refractivity contribution in [3.63, 3.8) is 0 Å². The Labute approximate surface area is 186 Å². The lowest BCUT2D eigenvalue weighted by Crippen LogP contribution is -2.36. The van der Waals surface area contributed by atoms with E-state index in [-0.39, 0.29) is 24.1 Å². The highest BCUT2D eigenvalue weighted by Gasteiger charge is 2.16. The van der Waals surface area contributed by atoms with Crippen molar-refractivity contribution < 1.29 is 9.59 Å². The zero-order valence-corrected chi connectivity index (χ0v) is 18.7. The van der Waals surface area contributed by atoms with Crippen molar-refractivity contribution in [1.29, 1.82) is 0 Å². The molecule has 29 heavy (non-hydrogen) atoms. The number of rotatable bonds is 7. The first kappa shape index (κ1) is 21.4. The second-order valence-electron chi connectivity index (χ2n) is 6.12. The zero-order valence-electron chi connectivity index (χ0n) is 15.5. The number of halogens is 2. The maximum atomic E-state index is 12.4. The van der Waals surface area contributed by atoms with Gasteiger partial charge >= 0.3 is 0 Å². The third kappa shape index (κ3) is 5.85. The van der Waals surface area contributed by atoms with Crippen molar-refractivity contribution in [2.45, 2.75) is 5.16 Å². The number of carbonyl (C=O) groups excluding carboxylic acids is 2. The summed E-state index contributed by atoms with van der Waals surface area (Å²) in [6, 6.07) is 14.8. The second kappa shape index (κ2) is 9.96. The summed E-state index contributed by atoms with van der Waals surface area (Å²) >= 11 is 10.8. The number of para-hydroxylation sites is 1. The van der Waals surface area contributed by atoms with Crippen molar-refractivity contribution in [3.05, 3.63) is 70.4 Å². The number of benzene rings is 2. The fourth-order valence-corrected chi connectivity index (χ4v) is 3.85. The Kier molecular flexibility index (Phi) is 7.35. The summed E-state index contributed by atoms with van der Waals surface area (Å²) in [5.41, 5.74) is 1.47. The summed E-state index contributed by atoms with van der Waals surface area (Å²) in [6.07, 6.45) is 3.53. The average Bonchev–Trinajstić information content (AvgIpc) is 3.17. The first-order chi connectivity index (χ1) is 13.9. The smallest absolute Gasteiger partial charge is 0.244 e. The maximum absolute atomic E-state index is 12.4. The summed E-state index contributed by atoms with van der Waals surface area (Å²) in [5.74, 6) is -0.311. The highest BCUT2D eigenvalue weighted by atomic mass is 79.9. The van der Waals surface area contributed by atoms with Gasteiger partial charge in [-0.05, 0) is 36.4 Å². The van der Waals surface area contributed by atoms with Crippen LogP contribution in [0.5, 0.6) is 0 Å². The molecule has 0 saturated carbocycles. The van der Waals surface area contributed by atoms with Gasteiger partial charge in [-0.2, -0.15) is 0 Å². The monoisotopic (exact) mass is 492 g/mol. The van der Waals surface area contributed by atoms with Gasteiger partial charge in [0.2, 0.25) is 11.8 Å². The number of imidazole rings is 1. The van der Waals surface area contributed by atoms with Crippen LogP contribution in [0.3, 0.4) is 0 Å². The van der Waals surface area contributed by atoms with Crippen molar-refractivity contribution >= 4 is 56.8 Å². The third-order valence-electron chi connectivity index (χ3n) is 3.99. The SMILES string of the molecule is CN(CC(=O)Nc1ccccc1Cl)C(=O)CSc1nccn1-c1ccc(Br)cc1. The quantitative estimate of drug-likeness (QED) is 0.493. The maximum Gasteiger partial charge on any atom is 0.244 e. The van der Waals surface area contributed by atoms with Gasteiger partial charge in [0, 0.05) is 29.6 Å². The molecule has 0 unspecified atom stereocenters. The van der Waals surface area contributed by atoms with E-state index in [1.165, 1.54) is 16.7 Å². The van der Waals surface area contributed by atoms with E-state index in [4.69, 9.17) is 11.6 Å². The molecule has 2 aromatic carbocycles. The van der Waals surface area contributed by atoms with E-state index in [2.05, 4.69) is 26.2 Å². The molecule has 0 bridgehead atoms. The minimum Gasteiger partial charge on any atom is -0.336 e. The summed E-state index contributed by atoms with van der Waals surface area (Å²) in [4.78, 5) is 30.3. The van der Waals surface area contributed by atoms with Gasteiger partial charge in [-0.1, -0.05) is 51.4 Å². The van der Waals surface area contributed by atoms with Crippen molar-refractivity contribution in [2.75, 3.05) is 24.7 Å². The van der Waals surface area contributed by atoms with Crippen LogP contribution in [0.2, 0.25) is 5.02 Å². The molecular formula is C20H18BrClN4O2S. The van der Waals surface area contributed by atoms with E-state index < -0.39 is 0 Å². The first-order valence-electron chi connectivity index (χ1n) is 8.64. The molecule has 0 fully saturated rings. The largest absolute Gasteiger partial charge is 0.336 e. The van der Waals surface area contributed by atoms with Gasteiger partial charge in [-0.15, -0.1) is 0 Å². The number of nitrogens with one attached hydrogen (secondary N) is 1. The Morgan fingerprint density at radius 2 is 1.93 bits per heavy atom. The van der Waals surface area contributed by atoms with Gasteiger partial charge in [0.05, 0.1) is 23.0 Å². The molecule has 1 N–H and O–H groups in total. The number of likely N-dealkylation sites (N-methyl/N-ethyl adjacent to an activating group) is 1. The third-order valence-corrected chi connectivity index (χ3v) is 5.80. The first-order valence-corrected chi connectivity index (χ1v) is 10.8. The van der Waals surface area contributed by atoms with Gasteiger partial charge in [-0.3, -0.25) is 14.2 Å². The van der Waals surface area contributed by atoms with Gasteiger partial charge in [0.15, 0.2) is 5.16 Å². The molecule has 2 amide bonds. The molecule has 0 aliphatic rings. The van der Waals surface area contributed by atoms with Crippen molar-refractivity contribution in [1.82, 2.24) is 14.5 Å². The molecule has 9 heteroatoms. The number of thioether (sulfide) groups is 1. The Morgan fingerprint density at radius 3 is 2.66 bits per heavy atom. The Bertz CT molecular complexity index is 1010. The summed E-state index contributed by atoms with van der Waals surface area (Å²) in [6.45, 7) is -0.0637. The molecule has 0 spiro atoms. The van der Waals surface area contributed by atoms with Crippen LogP contribution in [0.1, 0.15) is 0 Å². The molecule has 0 aliphatic heterocycles. The lowest BCUT2D eigenvalue weighted by atomic mass is 10.3. The van der Waals surface area contributed by atoms with Crippen LogP contribution in [0.15, 0.2) is 70.6 Å². The van der Waals surface area contributed by atoms with Crippen LogP contribution in [-0.2, 0) is 9.59 Å². The standard InChI is InChI=1S/C20H18BrClN4O2S/c1-25(12-18(27)24-17-5-3-2-4-16(17)22)19(28)13-29-20-23-10-11-26(20)15-8-6-14(21)7-9-15/h2-11H,12-13H2,1H3,(H,24,27). The lowest BCUT2D eigenvalue weighted by Gasteiger charge is -2.17. The topological polar surface area (TPSA) is 67.2 Å². The van der Waals surface area contributed by atoms with E-state index in [0.29, 0.717) is 15.9 Å². The molecule has 3 aromatic rings. The number of anilines is 1. The predicted molar refractivity (Wildman–Crippen MR) is 120 cm³/mol. The Balaban J connectivity index is 1.54. The lowest BCUT2D eigenvalue weighted by molar-refractivity contribution is -0.131. The minimum atomic E-state index is -0.310. The molecule has 1 aromatic heterocycles. The van der Waals surface area contributed by atoms with E-state index in [9.17, 15) is 9.59 Å². The highest BCUT2D eigenvalue weighted by Crippen LogP contribution is 2.22. The summed E-state index contributed by atoms with van der Waals surface area (Å²) in [7, 11) is 1.59. The van der Waals surface area contributed by atoms with Crippen molar-refractivity contribution in [2.24, 2.45) is 0 Å². The molecule has 0 saturated heterocycles. The molecule has 150 valence electrons. The van der Waals surface area contributed by atoms with E-state index in [1.54, 1.807) is 37.5 Å². The summed E-state index contributed by atoms with van der Waals surface area (Å²) in [5, 5.41) is 3.86. The average molecular weight is 494 g/mol. The van der Waals surface area contributed by atoms with Gasteiger partial charge < -0.3 is 10.2 Å². The second-order valence-corrected chi connectivity index (χ2v) is 8.39. The fraction of sp³-hybridized carbons (Fsp3) is 0.150. The zero-order chi connectivity index (χ0) is 20.8. The number of hydrogen-bond acceptors (Lipinski definition) is 4. The minimum absolute atomic E-state index is 0.0637. The molecule has 0 aliphatic carbocycles. The van der Waals surface area contributed by atoms with Gasteiger partial charge in [-0.25, -0.2) is 4.98 Å². The van der Waals surface area contributed by atoms with Crippen LogP contribution in [0.25, 0.3) is 5.69 Å². The molecule has 0 atom stereocenters. The molecule has 1 heterocycles. The van der Waals surface area contributed by atoms with E-state index in [0.717, 1.165) is 10.2 Å². The molecule has 3 rings (SSSR count). The number of aromatic nitrogens is 2. The van der Waals surface area contributed by atoms with Crippen LogP contribution in [0, 0.1) is 0 Å². The highest BCUT2D eigenvalue weighted by molar-refractivity contribution is 9.10. The Morgan fingerprint density at radius 1 is 1.21 bits per heavy atom. The number of carbonyl (C=O) groups is 2. The van der Waals surface area contributed by atoms with E-state index in [1.807, 2.05) is 35.0 Å². The number of amides is 2. The van der Waals surface area contributed by atoms with Crippen LogP contribution in [-0.4, -0.2) is 45.6 Å². The number of nitrogens with zero attached hydrogens (tertiary/aromatic N) is 3. The van der Waals surface area contributed by atoms with Crippen LogP contribution >= 0.6 is 39.3 Å². The summed E-state index contributed by atoms with van der Waals surface area (Å²) < 4.78 is 2.90. The van der Waals surface area contributed by atoms with Gasteiger partial charge in [0.25, 0.3) is 0 Å². The normalized spacial score (nSPS) is 10.6. The van der Waals surface area contributed by atoms with E-state index >= 15 is 0 Å². The molecule has 0 radical (unpaired) electrons. The fourth-order valence-electron chi connectivity index (χ4n) is 2.49. The molecule has 6 nitrogen and oxygen atoms in total. The van der Waals surface area contributed by atoms with Crippen molar-refractivity contribution in [3.8, 4) is 5.69 Å². The van der Waals surface area contributed by atoms with Gasteiger partial charge in [0.1, 0.15) is 0 Å². The van der Waals surface area contributed by atoms with Crippen LogP contribution < -0.4 is 5.32 Å². The predicted octanol–water partition coefficient (Wildman–Crippen LogP) is 4.48. The Hall–Kier alpha value is -2.29.